The maximum Gasteiger partial charge on any atom is 0.269 e. The Morgan fingerprint density at radius 2 is 1.44 bits per heavy atom. The van der Waals surface area contributed by atoms with E-state index in [2.05, 4.69) is 15.8 Å². The number of rotatable bonds is 7. The summed E-state index contributed by atoms with van der Waals surface area (Å²) in [5.41, 5.74) is 10.5. The second kappa shape index (κ2) is 10.6. The molecule has 0 saturated carbocycles. The van der Waals surface area contributed by atoms with Gasteiger partial charge in [-0.05, 0) is 98.3 Å². The first-order chi connectivity index (χ1) is 17.6. The third kappa shape index (κ3) is 5.20. The van der Waals surface area contributed by atoms with Crippen LogP contribution in [0.5, 0.6) is 11.5 Å². The highest BCUT2D eigenvalue weighted by Gasteiger charge is 2.17. The summed E-state index contributed by atoms with van der Waals surface area (Å²) in [4.78, 5) is 28.7. The Morgan fingerprint density at radius 1 is 0.806 bits per heavy atom. The molecule has 1 aliphatic rings. The van der Waals surface area contributed by atoms with E-state index in [1.54, 1.807) is 18.2 Å². The van der Waals surface area contributed by atoms with Gasteiger partial charge < -0.3 is 14.5 Å². The number of aryl methyl sites for hydroxylation is 2. The van der Waals surface area contributed by atoms with Gasteiger partial charge in [0, 0.05) is 27.7 Å². The predicted molar refractivity (Wildman–Crippen MR) is 138 cm³/mol. The van der Waals surface area contributed by atoms with Gasteiger partial charge in [0.15, 0.2) is 0 Å². The highest BCUT2D eigenvalue weighted by atomic mass is 16.5. The van der Waals surface area contributed by atoms with Crippen LogP contribution in [0, 0.1) is 0 Å². The van der Waals surface area contributed by atoms with Crippen molar-refractivity contribution in [2.45, 2.75) is 39.2 Å². The number of nitrogens with one attached hydrogen (secondary N) is 3. The summed E-state index contributed by atoms with van der Waals surface area (Å²) in [6, 6.07) is 20.1. The number of fused-ring (bicyclic) bond motifs is 3. The van der Waals surface area contributed by atoms with Crippen molar-refractivity contribution in [2.24, 2.45) is 0 Å². The van der Waals surface area contributed by atoms with Crippen LogP contribution in [-0.2, 0) is 19.4 Å². The molecule has 5 rings (SSSR count). The molecule has 7 nitrogen and oxygen atoms in total. The minimum atomic E-state index is -0.387. The summed E-state index contributed by atoms with van der Waals surface area (Å²) in [7, 11) is 0. The Balaban J connectivity index is 1.15. The molecule has 3 N–H and O–H groups in total. The van der Waals surface area contributed by atoms with Crippen molar-refractivity contribution in [1.29, 1.82) is 0 Å². The first-order valence-corrected chi connectivity index (χ1v) is 12.3. The Kier molecular flexibility index (Phi) is 6.89. The van der Waals surface area contributed by atoms with E-state index in [1.165, 1.54) is 24.1 Å². The number of carbonyl (C=O) groups excluding carboxylic acids is 2. The average molecular weight is 484 g/mol. The number of aromatic amines is 1. The van der Waals surface area contributed by atoms with E-state index in [0.29, 0.717) is 24.3 Å². The van der Waals surface area contributed by atoms with Gasteiger partial charge in [0.05, 0.1) is 6.61 Å². The molecule has 0 atom stereocenters. The first-order valence-electron chi connectivity index (χ1n) is 12.3. The molecule has 0 bridgehead atoms. The zero-order valence-corrected chi connectivity index (χ0v) is 20.2. The zero-order chi connectivity index (χ0) is 24.9. The number of hydrazine groups is 1. The predicted octanol–water partition coefficient (Wildman–Crippen LogP) is 5.10. The summed E-state index contributed by atoms with van der Waals surface area (Å²) in [6.07, 6.45) is 4.43. The molecule has 0 spiro atoms. The molecule has 0 aliphatic heterocycles. The Morgan fingerprint density at radius 3 is 2.17 bits per heavy atom. The zero-order valence-electron chi connectivity index (χ0n) is 20.2. The van der Waals surface area contributed by atoms with Crippen LogP contribution in [0.1, 0.15) is 57.3 Å². The van der Waals surface area contributed by atoms with E-state index < -0.39 is 0 Å². The molecule has 36 heavy (non-hydrogen) atoms. The third-order valence-electron chi connectivity index (χ3n) is 6.41. The van der Waals surface area contributed by atoms with Gasteiger partial charge in [-0.2, -0.15) is 0 Å². The van der Waals surface area contributed by atoms with Crippen molar-refractivity contribution < 1.29 is 19.1 Å². The van der Waals surface area contributed by atoms with Crippen molar-refractivity contribution in [3.8, 4) is 11.5 Å². The quantitative estimate of drug-likeness (QED) is 0.319. The molecule has 0 unspecified atom stereocenters. The number of carbonyl (C=O) groups is 2. The molecule has 184 valence electrons. The van der Waals surface area contributed by atoms with Crippen molar-refractivity contribution in [3.63, 3.8) is 0 Å². The van der Waals surface area contributed by atoms with Gasteiger partial charge in [-0.25, -0.2) is 0 Å². The van der Waals surface area contributed by atoms with Crippen molar-refractivity contribution >= 4 is 22.7 Å². The van der Waals surface area contributed by atoms with E-state index in [0.717, 1.165) is 40.8 Å². The van der Waals surface area contributed by atoms with Gasteiger partial charge in [0.2, 0.25) is 0 Å². The summed E-state index contributed by atoms with van der Waals surface area (Å²) in [5.74, 6) is 0.802. The van der Waals surface area contributed by atoms with E-state index in [-0.39, 0.29) is 11.8 Å². The average Bonchev–Trinajstić information content (AvgIpc) is 3.29. The maximum atomic E-state index is 12.7. The molecule has 0 saturated heterocycles. The number of hydrogen-bond acceptors (Lipinski definition) is 4. The number of hydrogen-bond donors (Lipinski definition) is 3. The summed E-state index contributed by atoms with van der Waals surface area (Å²) in [6.45, 7) is 2.93. The number of amides is 2. The van der Waals surface area contributed by atoms with Gasteiger partial charge in [-0.15, -0.1) is 0 Å². The van der Waals surface area contributed by atoms with Crippen LogP contribution in [0.15, 0.2) is 66.7 Å². The van der Waals surface area contributed by atoms with E-state index >= 15 is 0 Å². The monoisotopic (exact) mass is 483 g/mol. The van der Waals surface area contributed by atoms with Gasteiger partial charge in [0.1, 0.15) is 18.1 Å². The molecule has 1 aliphatic carbocycles. The van der Waals surface area contributed by atoms with Gasteiger partial charge in [-0.1, -0.05) is 12.1 Å². The normalized spacial score (nSPS) is 12.6. The summed E-state index contributed by atoms with van der Waals surface area (Å²) < 4.78 is 11.2. The van der Waals surface area contributed by atoms with Gasteiger partial charge in [0.25, 0.3) is 11.8 Å². The van der Waals surface area contributed by atoms with Crippen LogP contribution in [-0.4, -0.2) is 23.4 Å². The molecule has 3 aromatic carbocycles. The van der Waals surface area contributed by atoms with Crippen molar-refractivity contribution in [1.82, 2.24) is 15.8 Å². The van der Waals surface area contributed by atoms with Crippen LogP contribution in [0.3, 0.4) is 0 Å². The Hall–Kier alpha value is -4.26. The largest absolute Gasteiger partial charge is 0.494 e. The number of benzene rings is 3. The molecule has 0 fully saturated rings. The Labute approximate surface area is 209 Å². The minimum absolute atomic E-state index is 0.351. The lowest BCUT2D eigenvalue weighted by molar-refractivity contribution is 0.0847. The van der Waals surface area contributed by atoms with Crippen LogP contribution in [0.25, 0.3) is 10.9 Å². The fourth-order valence-electron chi connectivity index (χ4n) is 4.52. The highest BCUT2D eigenvalue weighted by molar-refractivity contribution is 6.01. The fourth-order valence-corrected chi connectivity index (χ4v) is 4.52. The molecule has 1 heterocycles. The van der Waals surface area contributed by atoms with Crippen LogP contribution in [0.4, 0.5) is 0 Å². The Bertz CT molecular complexity index is 1370. The summed E-state index contributed by atoms with van der Waals surface area (Å²) in [5, 5.41) is 1.09. The SMILES string of the molecule is CCOc1ccc(OCc2ccc(C(=O)NNC(=O)c3ccc4[nH]c5c(c4c3)CCCC5)cc2)cc1. The molecule has 4 aromatic rings. The maximum absolute atomic E-state index is 12.7. The second-order valence-corrected chi connectivity index (χ2v) is 8.85. The van der Waals surface area contributed by atoms with Gasteiger partial charge >= 0.3 is 0 Å². The topological polar surface area (TPSA) is 92.4 Å². The minimum Gasteiger partial charge on any atom is -0.494 e. The van der Waals surface area contributed by atoms with Crippen molar-refractivity contribution in [3.05, 3.63) is 94.7 Å². The fraction of sp³-hybridized carbons (Fsp3) is 0.241. The second-order valence-electron chi connectivity index (χ2n) is 8.85. The lowest BCUT2D eigenvalue weighted by Crippen LogP contribution is -2.41. The van der Waals surface area contributed by atoms with E-state index in [4.69, 9.17) is 9.47 Å². The summed E-state index contributed by atoms with van der Waals surface area (Å²) >= 11 is 0. The van der Waals surface area contributed by atoms with Gasteiger partial charge in [-0.3, -0.25) is 20.4 Å². The molecule has 2 amide bonds. The van der Waals surface area contributed by atoms with E-state index in [9.17, 15) is 9.59 Å². The highest BCUT2D eigenvalue weighted by Crippen LogP contribution is 2.29. The number of ether oxygens (including phenoxy) is 2. The lowest BCUT2D eigenvalue weighted by Gasteiger charge is -2.11. The van der Waals surface area contributed by atoms with Crippen LogP contribution < -0.4 is 20.3 Å². The molecule has 7 heteroatoms. The standard InChI is InChI=1S/C29H29N3O4/c1-2-35-22-12-14-23(15-13-22)36-18-19-7-9-20(10-8-19)28(33)31-32-29(34)21-11-16-27-25(17-21)24-5-3-4-6-26(24)30-27/h7-17,30H,2-6,18H2,1H3,(H,31,33)(H,32,34). The molecular weight excluding hydrogens is 454 g/mol. The molecular formula is C29H29N3O4. The van der Waals surface area contributed by atoms with Crippen LogP contribution in [0.2, 0.25) is 0 Å². The first kappa shape index (κ1) is 23.5. The van der Waals surface area contributed by atoms with Crippen molar-refractivity contribution in [2.75, 3.05) is 6.61 Å². The lowest BCUT2D eigenvalue weighted by atomic mass is 9.95. The third-order valence-corrected chi connectivity index (χ3v) is 6.41. The number of H-pyrrole nitrogens is 1. The molecule has 0 radical (unpaired) electrons. The van der Waals surface area contributed by atoms with E-state index in [1.807, 2.05) is 55.5 Å². The number of aromatic nitrogens is 1. The smallest absolute Gasteiger partial charge is 0.269 e. The molecule has 1 aromatic heterocycles. The van der Waals surface area contributed by atoms with Crippen LogP contribution >= 0.6 is 0 Å².